The molecule has 152 valence electrons. The number of rotatable bonds is 7. The Kier molecular flexibility index (Phi) is 7.51. The Labute approximate surface area is 167 Å². The molecule has 28 heavy (non-hydrogen) atoms. The molecule has 2 heterocycles. The van der Waals surface area contributed by atoms with Crippen molar-refractivity contribution < 1.29 is 9.52 Å². The molecule has 1 aliphatic rings. The van der Waals surface area contributed by atoms with Crippen LogP contribution < -0.4 is 10.6 Å². The van der Waals surface area contributed by atoms with E-state index in [1.807, 2.05) is 6.92 Å². The molecule has 2 aromatic rings. The van der Waals surface area contributed by atoms with Crippen molar-refractivity contribution in [1.29, 1.82) is 0 Å². The lowest BCUT2D eigenvalue weighted by Gasteiger charge is -2.37. The van der Waals surface area contributed by atoms with Crippen LogP contribution in [0.1, 0.15) is 50.2 Å². The van der Waals surface area contributed by atoms with Crippen LogP contribution in [0.25, 0.3) is 0 Å². The Morgan fingerprint density at radius 3 is 2.61 bits per heavy atom. The van der Waals surface area contributed by atoms with E-state index >= 15 is 0 Å². The number of guanidine groups is 1. The highest BCUT2D eigenvalue weighted by molar-refractivity contribution is 5.80. The van der Waals surface area contributed by atoms with Crippen LogP contribution in [0.15, 0.2) is 58.1 Å². The second-order valence-corrected chi connectivity index (χ2v) is 7.29. The van der Waals surface area contributed by atoms with Crippen molar-refractivity contribution in [3.05, 3.63) is 60.1 Å². The summed E-state index contributed by atoms with van der Waals surface area (Å²) in [6.45, 7) is 7.50. The molecular weight excluding hydrogens is 352 g/mol. The molecule has 3 N–H and O–H groups in total. The normalized spacial score (nSPS) is 18.6. The lowest BCUT2D eigenvalue weighted by Crippen LogP contribution is -2.49. The topological polar surface area (TPSA) is 73.0 Å². The molecular formula is C22H32N4O2. The van der Waals surface area contributed by atoms with E-state index in [1.54, 1.807) is 18.4 Å². The summed E-state index contributed by atoms with van der Waals surface area (Å²) in [4.78, 5) is 7.08. The average Bonchev–Trinajstić information content (AvgIpc) is 3.28. The van der Waals surface area contributed by atoms with Crippen LogP contribution in [-0.2, 0) is 0 Å². The van der Waals surface area contributed by atoms with Gasteiger partial charge in [-0.1, -0.05) is 30.3 Å². The second-order valence-electron chi connectivity index (χ2n) is 7.29. The van der Waals surface area contributed by atoms with Crippen LogP contribution >= 0.6 is 0 Å². The summed E-state index contributed by atoms with van der Waals surface area (Å²) in [6.07, 6.45) is 2.99. The SMILES string of the molecule is CCNC(=NCC(O)c1ccco1)NC1CCN(C(C)c2ccccc2)CC1. The first-order chi connectivity index (χ1) is 13.7. The maximum Gasteiger partial charge on any atom is 0.191 e. The summed E-state index contributed by atoms with van der Waals surface area (Å²) in [5.41, 5.74) is 1.37. The number of piperidine rings is 1. The number of furan rings is 1. The highest BCUT2D eigenvalue weighted by Crippen LogP contribution is 2.24. The number of hydrogen-bond acceptors (Lipinski definition) is 4. The maximum absolute atomic E-state index is 10.2. The molecule has 0 aliphatic carbocycles. The minimum absolute atomic E-state index is 0.271. The summed E-state index contributed by atoms with van der Waals surface area (Å²) >= 11 is 0. The van der Waals surface area contributed by atoms with Gasteiger partial charge in [0, 0.05) is 31.7 Å². The van der Waals surface area contributed by atoms with E-state index in [4.69, 9.17) is 4.42 Å². The molecule has 2 atom stereocenters. The van der Waals surface area contributed by atoms with E-state index in [0.29, 0.717) is 17.8 Å². The zero-order valence-corrected chi connectivity index (χ0v) is 16.8. The first-order valence-corrected chi connectivity index (χ1v) is 10.2. The Bertz CT molecular complexity index is 709. The third-order valence-electron chi connectivity index (χ3n) is 5.34. The highest BCUT2D eigenvalue weighted by Gasteiger charge is 2.24. The molecule has 2 unspecified atom stereocenters. The monoisotopic (exact) mass is 384 g/mol. The molecule has 0 amide bonds. The molecule has 1 fully saturated rings. The summed E-state index contributed by atoms with van der Waals surface area (Å²) in [7, 11) is 0. The van der Waals surface area contributed by atoms with E-state index < -0.39 is 6.10 Å². The Balaban J connectivity index is 1.50. The number of aliphatic imine (C=N–C) groups is 1. The lowest BCUT2D eigenvalue weighted by atomic mass is 10.0. The van der Waals surface area contributed by atoms with Gasteiger partial charge in [0.05, 0.1) is 12.8 Å². The van der Waals surface area contributed by atoms with Crippen LogP contribution in [0, 0.1) is 0 Å². The minimum atomic E-state index is -0.723. The van der Waals surface area contributed by atoms with E-state index in [0.717, 1.165) is 38.4 Å². The van der Waals surface area contributed by atoms with Gasteiger partial charge in [-0.3, -0.25) is 9.89 Å². The zero-order valence-electron chi connectivity index (χ0n) is 16.8. The van der Waals surface area contributed by atoms with Crippen molar-refractivity contribution in [3.8, 4) is 0 Å². The van der Waals surface area contributed by atoms with Crippen molar-refractivity contribution in [1.82, 2.24) is 15.5 Å². The molecule has 0 bridgehead atoms. The number of nitrogens with zero attached hydrogens (tertiary/aromatic N) is 2. The molecule has 0 spiro atoms. The zero-order chi connectivity index (χ0) is 19.8. The van der Waals surface area contributed by atoms with Gasteiger partial charge in [-0.2, -0.15) is 0 Å². The van der Waals surface area contributed by atoms with Crippen molar-refractivity contribution >= 4 is 5.96 Å². The van der Waals surface area contributed by atoms with Gasteiger partial charge in [0.15, 0.2) is 5.96 Å². The number of nitrogens with one attached hydrogen (secondary N) is 2. The quantitative estimate of drug-likeness (QED) is 0.505. The van der Waals surface area contributed by atoms with Crippen LogP contribution in [0.4, 0.5) is 0 Å². The van der Waals surface area contributed by atoms with Crippen molar-refractivity contribution in [3.63, 3.8) is 0 Å². The fourth-order valence-electron chi connectivity index (χ4n) is 3.64. The standard InChI is InChI=1S/C22H32N4O2/c1-3-23-22(24-16-20(27)21-10-7-15-28-21)25-19-11-13-26(14-12-19)17(2)18-8-5-4-6-9-18/h4-10,15,17,19-20,27H,3,11-14,16H2,1-2H3,(H2,23,24,25). The van der Waals surface area contributed by atoms with Gasteiger partial charge in [-0.15, -0.1) is 0 Å². The smallest absolute Gasteiger partial charge is 0.191 e. The van der Waals surface area contributed by atoms with Crippen LogP contribution in [0.3, 0.4) is 0 Å². The summed E-state index contributed by atoms with van der Waals surface area (Å²) in [5.74, 6) is 1.30. The highest BCUT2D eigenvalue weighted by atomic mass is 16.4. The van der Waals surface area contributed by atoms with Gasteiger partial charge in [0.25, 0.3) is 0 Å². The molecule has 3 rings (SSSR count). The molecule has 6 nitrogen and oxygen atoms in total. The molecule has 1 aromatic heterocycles. The van der Waals surface area contributed by atoms with Crippen molar-refractivity contribution in [2.75, 3.05) is 26.2 Å². The molecule has 6 heteroatoms. The average molecular weight is 385 g/mol. The molecule has 1 aliphatic heterocycles. The number of likely N-dealkylation sites (tertiary alicyclic amines) is 1. The number of hydrogen-bond donors (Lipinski definition) is 3. The predicted molar refractivity (Wildman–Crippen MR) is 112 cm³/mol. The molecule has 0 radical (unpaired) electrons. The van der Waals surface area contributed by atoms with Gasteiger partial charge >= 0.3 is 0 Å². The fraction of sp³-hybridized carbons (Fsp3) is 0.500. The largest absolute Gasteiger partial charge is 0.467 e. The summed E-state index contributed by atoms with van der Waals surface area (Å²) in [6, 6.07) is 15.1. The van der Waals surface area contributed by atoms with E-state index in [9.17, 15) is 5.11 Å². The van der Waals surface area contributed by atoms with Gasteiger partial charge in [-0.05, 0) is 44.4 Å². The van der Waals surface area contributed by atoms with Crippen molar-refractivity contribution in [2.45, 2.75) is 44.9 Å². The number of aliphatic hydroxyl groups excluding tert-OH is 1. The predicted octanol–water partition coefficient (Wildman–Crippen LogP) is 3.09. The molecule has 0 saturated carbocycles. The van der Waals surface area contributed by atoms with E-state index in [1.165, 1.54) is 5.56 Å². The van der Waals surface area contributed by atoms with Crippen molar-refractivity contribution in [2.24, 2.45) is 4.99 Å². The van der Waals surface area contributed by atoms with Gasteiger partial charge in [-0.25, -0.2) is 0 Å². The first-order valence-electron chi connectivity index (χ1n) is 10.2. The third kappa shape index (κ3) is 5.59. The summed E-state index contributed by atoms with van der Waals surface area (Å²) in [5, 5.41) is 17.0. The minimum Gasteiger partial charge on any atom is -0.467 e. The Morgan fingerprint density at radius 1 is 1.21 bits per heavy atom. The second kappa shape index (κ2) is 10.3. The van der Waals surface area contributed by atoms with Crippen LogP contribution in [0.5, 0.6) is 0 Å². The van der Waals surface area contributed by atoms with Crippen LogP contribution in [-0.4, -0.2) is 48.2 Å². The first kappa shape index (κ1) is 20.4. The van der Waals surface area contributed by atoms with E-state index in [-0.39, 0.29) is 6.54 Å². The number of benzene rings is 1. The fourth-order valence-corrected chi connectivity index (χ4v) is 3.64. The third-order valence-corrected chi connectivity index (χ3v) is 5.34. The summed E-state index contributed by atoms with van der Waals surface area (Å²) < 4.78 is 5.24. The van der Waals surface area contributed by atoms with Gasteiger partial charge < -0.3 is 20.2 Å². The van der Waals surface area contributed by atoms with E-state index in [2.05, 4.69) is 57.8 Å². The molecule has 1 saturated heterocycles. The molecule has 1 aromatic carbocycles. The Morgan fingerprint density at radius 2 is 1.96 bits per heavy atom. The lowest BCUT2D eigenvalue weighted by molar-refractivity contribution is 0.155. The van der Waals surface area contributed by atoms with Gasteiger partial charge in [0.1, 0.15) is 11.9 Å². The Hall–Kier alpha value is -2.31. The van der Waals surface area contributed by atoms with Crippen LogP contribution in [0.2, 0.25) is 0 Å². The maximum atomic E-state index is 10.2. The van der Waals surface area contributed by atoms with Gasteiger partial charge in [0.2, 0.25) is 0 Å². The number of aliphatic hydroxyl groups is 1.